The van der Waals surface area contributed by atoms with Crippen molar-refractivity contribution in [1.82, 2.24) is 0 Å². The van der Waals surface area contributed by atoms with Crippen molar-refractivity contribution >= 4 is 22.3 Å². The molecule has 2 aliphatic carbocycles. The number of allylic oxidation sites excluding steroid dienone is 6. The van der Waals surface area contributed by atoms with Crippen LogP contribution in [-0.4, -0.2) is 0 Å². The van der Waals surface area contributed by atoms with E-state index in [0.717, 1.165) is 12.1 Å². The summed E-state index contributed by atoms with van der Waals surface area (Å²) in [7, 11) is 0. The zero-order valence-corrected chi connectivity index (χ0v) is 24.9. The molecule has 0 aromatic heterocycles. The third-order valence-corrected chi connectivity index (χ3v) is 8.34. The molecule has 0 saturated carbocycles. The van der Waals surface area contributed by atoms with Crippen LogP contribution < -0.4 is 0 Å². The summed E-state index contributed by atoms with van der Waals surface area (Å²) in [5.74, 6) is 0. The van der Waals surface area contributed by atoms with Gasteiger partial charge in [0.1, 0.15) is 35.4 Å². The Morgan fingerprint density at radius 3 is 1.06 bits per heavy atom. The van der Waals surface area contributed by atoms with E-state index in [9.17, 15) is 57.9 Å². The zero-order chi connectivity index (χ0) is 36.1. The van der Waals surface area contributed by atoms with E-state index in [2.05, 4.69) is 0 Å². The molecule has 0 N–H and O–H groups in total. The molecular formula is C38H12F6N6. The predicted molar refractivity (Wildman–Crippen MR) is 166 cm³/mol. The molecule has 0 bridgehead atoms. The van der Waals surface area contributed by atoms with Gasteiger partial charge >= 0.3 is 12.4 Å². The maximum atomic E-state index is 14.2. The zero-order valence-electron chi connectivity index (χ0n) is 24.9. The van der Waals surface area contributed by atoms with Crippen molar-refractivity contribution in [1.29, 1.82) is 31.6 Å². The normalized spacial score (nSPS) is 12.7. The predicted octanol–water partition coefficient (Wildman–Crippen LogP) is 9.34. The number of hydrogen-bond acceptors (Lipinski definition) is 6. The van der Waals surface area contributed by atoms with E-state index < -0.39 is 34.6 Å². The SMILES string of the molecule is N#CC(C#N)=C1C2=C(C(=C(C#N)C#N)c3ccc(-c4ccc(C#N)cc4C(F)(F)F)cc32)c2cc(-c3ccc(C#N)cc3C(F)(F)F)ccc21. The average Bonchev–Trinajstić information content (AvgIpc) is 3.60. The molecule has 236 valence electrons. The van der Waals surface area contributed by atoms with Crippen molar-refractivity contribution in [2.24, 2.45) is 0 Å². The van der Waals surface area contributed by atoms with E-state index in [-0.39, 0.29) is 77.9 Å². The van der Waals surface area contributed by atoms with Crippen molar-refractivity contribution in [2.45, 2.75) is 12.4 Å². The van der Waals surface area contributed by atoms with Crippen LogP contribution in [0.3, 0.4) is 0 Å². The van der Waals surface area contributed by atoms with Crippen molar-refractivity contribution in [3.8, 4) is 58.7 Å². The van der Waals surface area contributed by atoms with Gasteiger partial charge in [0.2, 0.25) is 0 Å². The second kappa shape index (κ2) is 11.7. The molecule has 6 rings (SSSR count). The maximum Gasteiger partial charge on any atom is 0.417 e. The van der Waals surface area contributed by atoms with Gasteiger partial charge in [-0.2, -0.15) is 57.9 Å². The highest BCUT2D eigenvalue weighted by molar-refractivity contribution is 6.38. The largest absolute Gasteiger partial charge is 0.417 e. The Labute approximate surface area is 279 Å². The van der Waals surface area contributed by atoms with Gasteiger partial charge in [-0.1, -0.05) is 36.4 Å². The van der Waals surface area contributed by atoms with Crippen molar-refractivity contribution < 1.29 is 26.3 Å². The first-order valence-electron chi connectivity index (χ1n) is 14.2. The van der Waals surface area contributed by atoms with Gasteiger partial charge in [0.25, 0.3) is 0 Å². The topological polar surface area (TPSA) is 143 Å². The number of nitriles is 6. The third-order valence-electron chi connectivity index (χ3n) is 8.34. The maximum absolute atomic E-state index is 14.2. The van der Waals surface area contributed by atoms with Crippen LogP contribution in [0.25, 0.3) is 44.5 Å². The molecule has 0 radical (unpaired) electrons. The van der Waals surface area contributed by atoms with Crippen LogP contribution in [0.4, 0.5) is 26.3 Å². The van der Waals surface area contributed by atoms with Crippen LogP contribution in [0, 0.1) is 68.0 Å². The fraction of sp³-hybridized carbons (Fsp3) is 0.0526. The molecule has 2 aliphatic rings. The Balaban J connectivity index is 1.71. The summed E-state index contributed by atoms with van der Waals surface area (Å²) in [5, 5.41) is 58.4. The number of fused-ring (bicyclic) bond motifs is 4. The van der Waals surface area contributed by atoms with E-state index in [0.29, 0.717) is 12.1 Å². The Hall–Kier alpha value is -7.38. The summed E-state index contributed by atoms with van der Waals surface area (Å²) in [6, 6.07) is 24.7. The lowest BCUT2D eigenvalue weighted by Crippen LogP contribution is -2.08. The number of benzene rings is 4. The molecule has 0 fully saturated rings. The molecule has 0 unspecified atom stereocenters. The smallest absolute Gasteiger partial charge is 0.192 e. The Bertz CT molecular complexity index is 2370. The van der Waals surface area contributed by atoms with E-state index in [1.165, 1.54) is 48.5 Å². The van der Waals surface area contributed by atoms with Gasteiger partial charge in [0, 0.05) is 22.3 Å². The fourth-order valence-electron chi connectivity index (χ4n) is 6.32. The lowest BCUT2D eigenvalue weighted by Gasteiger charge is -2.17. The third kappa shape index (κ3) is 5.03. The van der Waals surface area contributed by atoms with Crippen molar-refractivity contribution in [2.75, 3.05) is 0 Å². The summed E-state index contributed by atoms with van der Waals surface area (Å²) in [5.41, 5.74) is -3.09. The standard InChI is InChI=1S/C38H12F6N6/c39-37(40,41)31-9-19(13-45)1-5-25(31)21-3-7-27-29(11-21)35-34(24(17-49)18-50)28-8-4-22(12-30(28)36(35)33(27)23(15-47)16-48)26-6-2-20(14-46)10-32(26)38(42,43)44/h1-12H. The lowest BCUT2D eigenvalue weighted by atomic mass is 9.86. The number of hydrogen-bond donors (Lipinski definition) is 0. The summed E-state index contributed by atoms with van der Waals surface area (Å²) in [4.78, 5) is 0. The molecule has 12 heteroatoms. The summed E-state index contributed by atoms with van der Waals surface area (Å²) in [6.45, 7) is 0. The number of halogens is 6. The molecule has 0 amide bonds. The molecule has 4 aromatic carbocycles. The minimum absolute atomic E-state index is 0.0157. The van der Waals surface area contributed by atoms with Crippen LogP contribution >= 0.6 is 0 Å². The first-order valence-corrected chi connectivity index (χ1v) is 14.2. The molecular weight excluding hydrogens is 654 g/mol. The van der Waals surface area contributed by atoms with Crippen LogP contribution in [-0.2, 0) is 12.4 Å². The van der Waals surface area contributed by atoms with Gasteiger partial charge < -0.3 is 0 Å². The summed E-state index contributed by atoms with van der Waals surface area (Å²) in [6.07, 6.45) is -9.74. The Morgan fingerprint density at radius 2 is 0.760 bits per heavy atom. The van der Waals surface area contributed by atoms with Gasteiger partial charge in [-0.25, -0.2) is 0 Å². The van der Waals surface area contributed by atoms with Gasteiger partial charge in [-0.3, -0.25) is 0 Å². The Kier molecular flexibility index (Phi) is 7.62. The molecule has 50 heavy (non-hydrogen) atoms. The molecule has 4 aromatic rings. The lowest BCUT2D eigenvalue weighted by molar-refractivity contribution is -0.137. The first kappa shape index (κ1) is 32.6. The monoisotopic (exact) mass is 666 g/mol. The van der Waals surface area contributed by atoms with Crippen LogP contribution in [0.5, 0.6) is 0 Å². The minimum Gasteiger partial charge on any atom is -0.192 e. The minimum atomic E-state index is -4.87. The van der Waals surface area contributed by atoms with Crippen molar-refractivity contribution in [3.63, 3.8) is 0 Å². The second-order valence-electron chi connectivity index (χ2n) is 11.0. The molecule has 0 saturated heterocycles. The highest BCUT2D eigenvalue weighted by Crippen LogP contribution is 2.60. The van der Waals surface area contributed by atoms with Gasteiger partial charge in [-0.05, 0) is 80.9 Å². The fourth-order valence-corrected chi connectivity index (χ4v) is 6.32. The van der Waals surface area contributed by atoms with Crippen molar-refractivity contribution in [3.05, 3.63) is 128 Å². The van der Waals surface area contributed by atoms with Crippen LogP contribution in [0.1, 0.15) is 44.5 Å². The second-order valence-corrected chi connectivity index (χ2v) is 11.0. The van der Waals surface area contributed by atoms with Crippen LogP contribution in [0.15, 0.2) is 83.9 Å². The van der Waals surface area contributed by atoms with E-state index in [1.54, 1.807) is 36.4 Å². The van der Waals surface area contributed by atoms with Crippen LogP contribution in [0.2, 0.25) is 0 Å². The van der Waals surface area contributed by atoms with E-state index >= 15 is 0 Å². The first-order chi connectivity index (χ1) is 23.8. The highest BCUT2D eigenvalue weighted by Gasteiger charge is 2.41. The van der Waals surface area contributed by atoms with Gasteiger partial charge in [-0.15, -0.1) is 0 Å². The molecule has 0 atom stereocenters. The number of rotatable bonds is 2. The molecule has 6 nitrogen and oxygen atoms in total. The number of alkyl halides is 6. The number of nitrogens with zero attached hydrogens (tertiary/aromatic N) is 6. The summed E-state index contributed by atoms with van der Waals surface area (Å²) >= 11 is 0. The van der Waals surface area contributed by atoms with E-state index in [1.807, 2.05) is 0 Å². The molecule has 0 spiro atoms. The summed E-state index contributed by atoms with van der Waals surface area (Å²) < 4.78 is 85.2. The highest BCUT2D eigenvalue weighted by atomic mass is 19.4. The van der Waals surface area contributed by atoms with Gasteiger partial charge in [0.05, 0.1) is 34.4 Å². The quantitative estimate of drug-likeness (QED) is 0.154. The van der Waals surface area contributed by atoms with E-state index in [4.69, 9.17) is 0 Å². The average molecular weight is 667 g/mol. The molecule has 0 heterocycles. The Morgan fingerprint density at radius 1 is 0.420 bits per heavy atom. The molecule has 0 aliphatic heterocycles. The van der Waals surface area contributed by atoms with Gasteiger partial charge in [0.15, 0.2) is 0 Å².